The van der Waals surface area contributed by atoms with Crippen LogP contribution in [0.15, 0.2) is 46.2 Å². The van der Waals surface area contributed by atoms with E-state index < -0.39 is 0 Å². The molecule has 2 nitrogen and oxygen atoms in total. The molecule has 2 saturated carbocycles. The molecule has 2 aliphatic carbocycles. The molecule has 0 aromatic heterocycles. The normalized spacial score (nSPS) is 19.3. The van der Waals surface area contributed by atoms with Crippen molar-refractivity contribution in [2.45, 2.75) is 85.8 Å². The molecular weight excluding hydrogens is 352 g/mol. The van der Waals surface area contributed by atoms with Crippen LogP contribution in [-0.2, 0) is 0 Å². The van der Waals surface area contributed by atoms with E-state index in [4.69, 9.17) is 0 Å². The van der Waals surface area contributed by atoms with E-state index in [1.807, 2.05) is 12.1 Å². The van der Waals surface area contributed by atoms with Gasteiger partial charge in [-0.05, 0) is 72.9 Å². The van der Waals surface area contributed by atoms with Crippen molar-refractivity contribution in [1.29, 1.82) is 0 Å². The summed E-state index contributed by atoms with van der Waals surface area (Å²) < 4.78 is 0. The zero-order chi connectivity index (χ0) is 18.6. The summed E-state index contributed by atoms with van der Waals surface area (Å²) >= 11 is 1.50. The van der Waals surface area contributed by atoms with Gasteiger partial charge < -0.3 is 10.2 Å². The highest BCUT2D eigenvalue weighted by molar-refractivity contribution is 7.99. The number of rotatable bonds is 4. The molecule has 0 unspecified atom stereocenters. The Hall–Kier alpha value is -1.61. The summed E-state index contributed by atoms with van der Waals surface area (Å²) in [4.78, 5) is 1.71. The second-order valence-corrected chi connectivity index (χ2v) is 9.31. The predicted molar refractivity (Wildman–Crippen MR) is 112 cm³/mol. The fraction of sp³-hybridized carbons (Fsp3) is 0.500. The maximum atomic E-state index is 10.4. The molecule has 0 saturated heterocycles. The summed E-state index contributed by atoms with van der Waals surface area (Å²) in [7, 11) is 0. The van der Waals surface area contributed by atoms with E-state index >= 15 is 0 Å². The molecule has 2 aromatic rings. The number of benzene rings is 2. The van der Waals surface area contributed by atoms with Crippen LogP contribution in [0.4, 0.5) is 0 Å². The van der Waals surface area contributed by atoms with Crippen molar-refractivity contribution in [3.05, 3.63) is 47.5 Å². The third-order valence-electron chi connectivity index (χ3n) is 6.34. The van der Waals surface area contributed by atoms with Crippen LogP contribution < -0.4 is 0 Å². The average Bonchev–Trinajstić information content (AvgIpc) is 2.72. The second-order valence-electron chi connectivity index (χ2n) is 8.23. The summed E-state index contributed by atoms with van der Waals surface area (Å²) in [5.41, 5.74) is 2.66. The smallest absolute Gasteiger partial charge is 0.129 e. The summed E-state index contributed by atoms with van der Waals surface area (Å²) in [6.07, 6.45) is 12.9. The molecule has 4 rings (SSSR count). The minimum absolute atomic E-state index is 0.307. The second kappa shape index (κ2) is 8.60. The van der Waals surface area contributed by atoms with Gasteiger partial charge in [0.2, 0.25) is 0 Å². The zero-order valence-corrected chi connectivity index (χ0v) is 16.8. The highest BCUT2D eigenvalue weighted by Crippen LogP contribution is 2.43. The average molecular weight is 383 g/mol. The molecule has 0 radical (unpaired) electrons. The number of hydrogen-bond donors (Lipinski definition) is 2. The Morgan fingerprint density at radius 1 is 0.593 bits per heavy atom. The Labute approximate surface area is 167 Å². The van der Waals surface area contributed by atoms with Gasteiger partial charge in [0.25, 0.3) is 0 Å². The van der Waals surface area contributed by atoms with Gasteiger partial charge in [0, 0.05) is 0 Å². The molecule has 0 spiro atoms. The van der Waals surface area contributed by atoms with E-state index in [2.05, 4.69) is 24.3 Å². The summed E-state index contributed by atoms with van der Waals surface area (Å²) in [6.45, 7) is 0. The molecule has 2 aromatic carbocycles. The van der Waals surface area contributed by atoms with Crippen LogP contribution >= 0.6 is 11.8 Å². The molecule has 27 heavy (non-hydrogen) atoms. The highest BCUT2D eigenvalue weighted by atomic mass is 32.2. The minimum atomic E-state index is 0.307. The first kappa shape index (κ1) is 18.7. The fourth-order valence-electron chi connectivity index (χ4n) is 4.72. The Morgan fingerprint density at radius 3 is 1.41 bits per heavy atom. The SMILES string of the molecule is Oc1ccc(C2CCCCC2)cc1Sc1cc(C2CCCCC2)ccc1O. The molecule has 3 heteroatoms. The number of hydrogen-bond acceptors (Lipinski definition) is 3. The largest absolute Gasteiger partial charge is 0.507 e. The number of aromatic hydroxyl groups is 2. The van der Waals surface area contributed by atoms with Crippen LogP contribution in [-0.4, -0.2) is 10.2 Å². The quantitative estimate of drug-likeness (QED) is 0.581. The highest BCUT2D eigenvalue weighted by Gasteiger charge is 2.19. The van der Waals surface area contributed by atoms with Crippen LogP contribution in [0.2, 0.25) is 0 Å². The van der Waals surface area contributed by atoms with E-state index in [0.717, 1.165) is 9.79 Å². The lowest BCUT2D eigenvalue weighted by atomic mass is 9.84. The number of phenolic OH excluding ortho intramolecular Hbond substituents is 2. The topological polar surface area (TPSA) is 40.5 Å². The first-order valence-electron chi connectivity index (χ1n) is 10.5. The van der Waals surface area contributed by atoms with Gasteiger partial charge in [0.1, 0.15) is 11.5 Å². The van der Waals surface area contributed by atoms with Crippen LogP contribution in [0, 0.1) is 0 Å². The molecule has 0 atom stereocenters. The predicted octanol–water partition coefficient (Wildman–Crippen LogP) is 7.34. The molecule has 2 fully saturated rings. The van der Waals surface area contributed by atoms with E-state index in [-0.39, 0.29) is 0 Å². The van der Waals surface area contributed by atoms with Gasteiger partial charge in [0.15, 0.2) is 0 Å². The molecule has 0 aliphatic heterocycles. The Morgan fingerprint density at radius 2 is 1.00 bits per heavy atom. The molecule has 2 aliphatic rings. The first-order valence-corrected chi connectivity index (χ1v) is 11.4. The van der Waals surface area contributed by atoms with Crippen molar-refractivity contribution < 1.29 is 10.2 Å². The molecule has 144 valence electrons. The Kier molecular flexibility index (Phi) is 5.97. The van der Waals surface area contributed by atoms with Gasteiger partial charge in [0.05, 0.1) is 9.79 Å². The van der Waals surface area contributed by atoms with Crippen LogP contribution in [0.25, 0.3) is 0 Å². The first-order chi connectivity index (χ1) is 13.2. The van der Waals surface area contributed by atoms with E-state index in [1.165, 1.54) is 87.1 Å². The van der Waals surface area contributed by atoms with Crippen molar-refractivity contribution in [2.24, 2.45) is 0 Å². The van der Waals surface area contributed by atoms with Gasteiger partial charge in [-0.2, -0.15) is 0 Å². The lowest BCUT2D eigenvalue weighted by Gasteiger charge is -2.23. The molecule has 0 heterocycles. The Balaban J connectivity index is 1.57. The molecule has 0 bridgehead atoms. The van der Waals surface area contributed by atoms with Gasteiger partial charge in [-0.15, -0.1) is 0 Å². The van der Waals surface area contributed by atoms with Crippen LogP contribution in [0.1, 0.15) is 87.2 Å². The standard InChI is InChI=1S/C24H30O2S/c25-21-13-11-19(17-7-3-1-4-8-17)15-23(21)27-24-16-20(12-14-22(24)26)18-9-5-2-6-10-18/h11-18,25-26H,1-10H2. The van der Waals surface area contributed by atoms with Crippen LogP contribution in [0.3, 0.4) is 0 Å². The van der Waals surface area contributed by atoms with Gasteiger partial charge in [-0.1, -0.05) is 62.4 Å². The minimum Gasteiger partial charge on any atom is -0.507 e. The van der Waals surface area contributed by atoms with E-state index in [1.54, 1.807) is 0 Å². The maximum absolute atomic E-state index is 10.4. The lowest BCUT2D eigenvalue weighted by Crippen LogP contribution is -2.04. The maximum Gasteiger partial charge on any atom is 0.129 e. The van der Waals surface area contributed by atoms with Crippen molar-refractivity contribution >= 4 is 11.8 Å². The molecule has 2 N–H and O–H groups in total. The van der Waals surface area contributed by atoms with Gasteiger partial charge in [-0.3, -0.25) is 0 Å². The third-order valence-corrected chi connectivity index (χ3v) is 7.43. The lowest BCUT2D eigenvalue weighted by molar-refractivity contribution is 0.438. The zero-order valence-electron chi connectivity index (χ0n) is 16.0. The van der Waals surface area contributed by atoms with Crippen molar-refractivity contribution in [3.63, 3.8) is 0 Å². The van der Waals surface area contributed by atoms with Gasteiger partial charge in [-0.25, -0.2) is 0 Å². The van der Waals surface area contributed by atoms with Gasteiger partial charge >= 0.3 is 0 Å². The number of phenols is 2. The van der Waals surface area contributed by atoms with Crippen LogP contribution in [0.5, 0.6) is 11.5 Å². The Bertz CT molecular complexity index is 708. The molecular formula is C24H30O2S. The fourth-order valence-corrected chi connectivity index (χ4v) is 5.70. The third kappa shape index (κ3) is 4.45. The van der Waals surface area contributed by atoms with Crippen molar-refractivity contribution in [3.8, 4) is 11.5 Å². The molecule has 0 amide bonds. The summed E-state index contributed by atoms with van der Waals surface area (Å²) in [6, 6.07) is 12.1. The summed E-state index contributed by atoms with van der Waals surface area (Å²) in [5.74, 6) is 1.84. The van der Waals surface area contributed by atoms with E-state index in [0.29, 0.717) is 23.3 Å². The van der Waals surface area contributed by atoms with Crippen molar-refractivity contribution in [2.75, 3.05) is 0 Å². The van der Waals surface area contributed by atoms with Crippen molar-refractivity contribution in [1.82, 2.24) is 0 Å². The van der Waals surface area contributed by atoms with E-state index in [9.17, 15) is 10.2 Å². The monoisotopic (exact) mass is 382 g/mol. The summed E-state index contributed by atoms with van der Waals surface area (Å²) in [5, 5.41) is 20.8.